The first-order valence-electron chi connectivity index (χ1n) is 9.20. The Bertz CT molecular complexity index is 926. The summed E-state index contributed by atoms with van der Waals surface area (Å²) in [6, 6.07) is 9.83. The number of halogens is 2. The maximum Gasteiger partial charge on any atom is 0.345 e. The molecule has 0 saturated carbocycles. The van der Waals surface area contributed by atoms with Crippen LogP contribution in [0.1, 0.15) is 34.8 Å². The standard InChI is InChI=1S/C20H20F2N4O4/c21-20(22)30-15-6-7-16(12-4-2-1-3-5-12)26(11-15)19(29)18(28)25-14-8-13(17(23)27)9-24-10-14/h1-5,8-10,15-16,20H,6-7,11H2,(H2,23,27)(H,25,28)/t15-,16-/m1/s1. The Morgan fingerprint density at radius 3 is 2.57 bits per heavy atom. The number of likely N-dealkylation sites (tertiary alicyclic amines) is 1. The zero-order valence-electron chi connectivity index (χ0n) is 15.8. The van der Waals surface area contributed by atoms with Crippen LogP contribution in [0.2, 0.25) is 0 Å². The fourth-order valence-corrected chi connectivity index (χ4v) is 3.40. The smallest absolute Gasteiger partial charge is 0.345 e. The van der Waals surface area contributed by atoms with Crippen molar-refractivity contribution in [1.82, 2.24) is 9.88 Å². The van der Waals surface area contributed by atoms with E-state index in [1.165, 1.54) is 23.4 Å². The zero-order chi connectivity index (χ0) is 21.7. The van der Waals surface area contributed by atoms with Gasteiger partial charge in [-0.05, 0) is 24.5 Å². The largest absolute Gasteiger partial charge is 0.366 e. The second-order valence-electron chi connectivity index (χ2n) is 6.76. The van der Waals surface area contributed by atoms with E-state index in [4.69, 9.17) is 5.73 Å². The first kappa shape index (κ1) is 21.3. The number of anilines is 1. The lowest BCUT2D eigenvalue weighted by Gasteiger charge is -2.39. The molecule has 0 radical (unpaired) electrons. The van der Waals surface area contributed by atoms with Crippen LogP contribution < -0.4 is 11.1 Å². The SMILES string of the molecule is NC(=O)c1cncc(NC(=O)C(=O)N2C[C@H](OC(F)F)CC[C@@H]2c2ccccc2)c1. The summed E-state index contributed by atoms with van der Waals surface area (Å²) in [6.07, 6.45) is 2.27. The van der Waals surface area contributed by atoms with Crippen molar-refractivity contribution in [3.05, 3.63) is 59.9 Å². The molecule has 2 atom stereocenters. The van der Waals surface area contributed by atoms with Gasteiger partial charge in [0.2, 0.25) is 5.91 Å². The van der Waals surface area contributed by atoms with Gasteiger partial charge in [-0.15, -0.1) is 0 Å². The predicted octanol–water partition coefficient (Wildman–Crippen LogP) is 2.09. The molecule has 10 heteroatoms. The minimum absolute atomic E-state index is 0.0609. The highest BCUT2D eigenvalue weighted by atomic mass is 19.3. The quantitative estimate of drug-likeness (QED) is 0.722. The number of alkyl halides is 2. The third kappa shape index (κ3) is 5.15. The predicted molar refractivity (Wildman–Crippen MR) is 102 cm³/mol. The molecule has 1 fully saturated rings. The Labute approximate surface area is 171 Å². The van der Waals surface area contributed by atoms with Crippen molar-refractivity contribution < 1.29 is 27.9 Å². The summed E-state index contributed by atoms with van der Waals surface area (Å²) in [6.45, 7) is -3.13. The number of carbonyl (C=O) groups is 3. The lowest BCUT2D eigenvalue weighted by Crippen LogP contribution is -2.49. The molecule has 3 amide bonds. The third-order valence-corrected chi connectivity index (χ3v) is 4.75. The van der Waals surface area contributed by atoms with Crippen molar-refractivity contribution in [3.8, 4) is 0 Å². The molecular formula is C20H20F2N4O4. The number of carbonyl (C=O) groups excluding carboxylic acids is 3. The lowest BCUT2D eigenvalue weighted by molar-refractivity contribution is -0.182. The second kappa shape index (κ2) is 9.40. The van der Waals surface area contributed by atoms with Crippen molar-refractivity contribution in [1.29, 1.82) is 0 Å². The lowest BCUT2D eigenvalue weighted by atomic mass is 9.93. The first-order chi connectivity index (χ1) is 14.3. The summed E-state index contributed by atoms with van der Waals surface area (Å²) in [5.41, 5.74) is 6.14. The Morgan fingerprint density at radius 1 is 1.17 bits per heavy atom. The van der Waals surface area contributed by atoms with Crippen LogP contribution in [-0.2, 0) is 14.3 Å². The number of nitrogens with zero attached hydrogens (tertiary/aromatic N) is 2. The van der Waals surface area contributed by atoms with Crippen LogP contribution in [0.4, 0.5) is 14.5 Å². The van der Waals surface area contributed by atoms with E-state index in [-0.39, 0.29) is 17.8 Å². The zero-order valence-corrected chi connectivity index (χ0v) is 15.8. The van der Waals surface area contributed by atoms with E-state index in [2.05, 4.69) is 15.0 Å². The Balaban J connectivity index is 1.80. The molecule has 0 unspecified atom stereocenters. The number of rotatable bonds is 5. The number of hydrogen-bond acceptors (Lipinski definition) is 5. The number of primary amides is 1. The summed E-state index contributed by atoms with van der Waals surface area (Å²) in [5.74, 6) is -2.63. The molecule has 2 heterocycles. The van der Waals surface area contributed by atoms with Crippen LogP contribution in [0, 0.1) is 0 Å². The summed E-state index contributed by atoms with van der Waals surface area (Å²) < 4.78 is 29.9. The average Bonchev–Trinajstić information content (AvgIpc) is 2.73. The molecule has 1 aliphatic heterocycles. The fraction of sp³-hybridized carbons (Fsp3) is 0.300. The van der Waals surface area contributed by atoms with Crippen molar-refractivity contribution >= 4 is 23.4 Å². The Kier molecular flexibility index (Phi) is 6.68. The van der Waals surface area contributed by atoms with E-state index in [1.807, 2.05) is 6.07 Å². The number of aromatic nitrogens is 1. The molecule has 1 aromatic heterocycles. The van der Waals surface area contributed by atoms with Gasteiger partial charge >= 0.3 is 18.4 Å². The van der Waals surface area contributed by atoms with E-state index >= 15 is 0 Å². The molecule has 3 N–H and O–H groups in total. The van der Waals surface area contributed by atoms with E-state index in [0.29, 0.717) is 12.8 Å². The van der Waals surface area contributed by atoms with E-state index in [1.54, 1.807) is 24.3 Å². The maximum atomic E-state index is 12.9. The van der Waals surface area contributed by atoms with Gasteiger partial charge in [0.25, 0.3) is 0 Å². The number of amides is 3. The average molecular weight is 418 g/mol. The molecule has 1 aliphatic rings. The Morgan fingerprint density at radius 2 is 1.90 bits per heavy atom. The van der Waals surface area contributed by atoms with Crippen molar-refractivity contribution in [2.24, 2.45) is 5.73 Å². The second-order valence-corrected chi connectivity index (χ2v) is 6.76. The van der Waals surface area contributed by atoms with Gasteiger partial charge in [0.1, 0.15) is 0 Å². The highest BCUT2D eigenvalue weighted by molar-refractivity contribution is 6.39. The number of pyridine rings is 1. The summed E-state index contributed by atoms with van der Waals surface area (Å²) in [4.78, 5) is 41.7. The van der Waals surface area contributed by atoms with Crippen LogP contribution in [-0.4, -0.2) is 46.9 Å². The van der Waals surface area contributed by atoms with Crippen LogP contribution in [0.5, 0.6) is 0 Å². The van der Waals surface area contributed by atoms with E-state index < -0.39 is 36.5 Å². The molecule has 30 heavy (non-hydrogen) atoms. The number of hydrogen-bond donors (Lipinski definition) is 2. The maximum absolute atomic E-state index is 12.9. The molecule has 0 bridgehead atoms. The van der Waals surface area contributed by atoms with Crippen LogP contribution in [0.3, 0.4) is 0 Å². The van der Waals surface area contributed by atoms with Gasteiger partial charge in [-0.2, -0.15) is 8.78 Å². The van der Waals surface area contributed by atoms with Gasteiger partial charge in [0.05, 0.1) is 29.6 Å². The summed E-state index contributed by atoms with van der Waals surface area (Å²) in [5, 5.41) is 2.37. The minimum atomic E-state index is -2.98. The van der Waals surface area contributed by atoms with Crippen molar-refractivity contribution in [2.75, 3.05) is 11.9 Å². The van der Waals surface area contributed by atoms with Crippen LogP contribution >= 0.6 is 0 Å². The molecule has 0 aliphatic carbocycles. The van der Waals surface area contributed by atoms with E-state index in [0.717, 1.165) is 5.56 Å². The molecule has 1 aromatic carbocycles. The molecule has 158 valence electrons. The van der Waals surface area contributed by atoms with Crippen LogP contribution in [0.15, 0.2) is 48.8 Å². The van der Waals surface area contributed by atoms with Gasteiger partial charge in [0, 0.05) is 12.7 Å². The number of benzene rings is 1. The van der Waals surface area contributed by atoms with E-state index in [9.17, 15) is 23.2 Å². The molecule has 8 nitrogen and oxygen atoms in total. The van der Waals surface area contributed by atoms with Crippen LogP contribution in [0.25, 0.3) is 0 Å². The molecule has 1 saturated heterocycles. The number of nitrogens with one attached hydrogen (secondary N) is 1. The highest BCUT2D eigenvalue weighted by Crippen LogP contribution is 2.32. The first-order valence-corrected chi connectivity index (χ1v) is 9.20. The number of piperidine rings is 1. The van der Waals surface area contributed by atoms with Gasteiger partial charge in [0.15, 0.2) is 0 Å². The van der Waals surface area contributed by atoms with Crippen molar-refractivity contribution in [3.63, 3.8) is 0 Å². The fourth-order valence-electron chi connectivity index (χ4n) is 3.40. The topological polar surface area (TPSA) is 115 Å². The summed E-state index contributed by atoms with van der Waals surface area (Å²) >= 11 is 0. The molecule has 3 rings (SSSR count). The Hall–Kier alpha value is -3.40. The van der Waals surface area contributed by atoms with Gasteiger partial charge < -0.3 is 20.7 Å². The van der Waals surface area contributed by atoms with Gasteiger partial charge in [-0.1, -0.05) is 30.3 Å². The third-order valence-electron chi connectivity index (χ3n) is 4.75. The normalized spacial score (nSPS) is 18.8. The summed E-state index contributed by atoms with van der Waals surface area (Å²) in [7, 11) is 0. The molecule has 0 spiro atoms. The number of nitrogens with two attached hydrogens (primary N) is 1. The van der Waals surface area contributed by atoms with Gasteiger partial charge in [-0.25, -0.2) is 0 Å². The monoisotopic (exact) mass is 418 g/mol. The molecular weight excluding hydrogens is 398 g/mol. The molecule has 2 aromatic rings. The van der Waals surface area contributed by atoms with Gasteiger partial charge in [-0.3, -0.25) is 19.4 Å². The van der Waals surface area contributed by atoms with Crippen molar-refractivity contribution in [2.45, 2.75) is 31.6 Å². The number of ether oxygens (including phenoxy) is 1. The highest BCUT2D eigenvalue weighted by Gasteiger charge is 2.36. The minimum Gasteiger partial charge on any atom is -0.366 e.